The smallest absolute Gasteiger partial charge is 0.171 e. The van der Waals surface area contributed by atoms with Crippen LogP contribution in [0.5, 0.6) is 5.75 Å². The van der Waals surface area contributed by atoms with Crippen LogP contribution < -0.4 is 15.4 Å². The van der Waals surface area contributed by atoms with Gasteiger partial charge < -0.3 is 15.4 Å². The van der Waals surface area contributed by atoms with Crippen LogP contribution in [-0.4, -0.2) is 35.0 Å². The van der Waals surface area contributed by atoms with Crippen LogP contribution in [0.4, 0.5) is 11.6 Å². The van der Waals surface area contributed by atoms with Gasteiger partial charge in [0.2, 0.25) is 0 Å². The first-order chi connectivity index (χ1) is 9.78. The first kappa shape index (κ1) is 12.8. The Morgan fingerprint density at radius 3 is 2.75 bits per heavy atom. The summed E-state index contributed by atoms with van der Waals surface area (Å²) in [5, 5.41) is 4.30. The van der Waals surface area contributed by atoms with Gasteiger partial charge in [-0.05, 0) is 31.0 Å². The van der Waals surface area contributed by atoms with Gasteiger partial charge in [-0.15, -0.1) is 0 Å². The van der Waals surface area contributed by atoms with Gasteiger partial charge in [0.05, 0.1) is 13.2 Å². The number of hydrogen-bond acceptors (Lipinski definition) is 5. The standard InChI is InChI=1S/C14H19N5O/c1-20-12-3-2-7-16-14(12)18-8-4-11(5-9-18)19-10-6-13(15)17-19/h2-3,6-7,10-11H,4-5,8-9H2,1H3,(H2,15,17). The van der Waals surface area contributed by atoms with E-state index in [0.29, 0.717) is 11.9 Å². The molecule has 0 spiro atoms. The van der Waals surface area contributed by atoms with Crippen molar-refractivity contribution in [3.63, 3.8) is 0 Å². The Morgan fingerprint density at radius 1 is 1.30 bits per heavy atom. The zero-order chi connectivity index (χ0) is 13.9. The maximum atomic E-state index is 5.67. The molecule has 6 nitrogen and oxygen atoms in total. The minimum Gasteiger partial charge on any atom is -0.493 e. The normalized spacial score (nSPS) is 16.4. The van der Waals surface area contributed by atoms with Gasteiger partial charge in [-0.3, -0.25) is 4.68 Å². The Kier molecular flexibility index (Phi) is 3.45. The van der Waals surface area contributed by atoms with Gasteiger partial charge in [0, 0.05) is 25.5 Å². The number of methoxy groups -OCH3 is 1. The molecule has 0 amide bonds. The number of ether oxygens (including phenoxy) is 1. The lowest BCUT2D eigenvalue weighted by atomic mass is 10.1. The summed E-state index contributed by atoms with van der Waals surface area (Å²) >= 11 is 0. The van der Waals surface area contributed by atoms with E-state index in [2.05, 4.69) is 15.0 Å². The number of hydrogen-bond donors (Lipinski definition) is 1. The lowest BCUT2D eigenvalue weighted by Crippen LogP contribution is -2.35. The molecule has 2 N–H and O–H groups in total. The molecule has 0 aromatic carbocycles. The SMILES string of the molecule is COc1cccnc1N1CCC(n2ccc(N)n2)CC1. The van der Waals surface area contributed by atoms with Crippen molar-refractivity contribution in [3.05, 3.63) is 30.6 Å². The minimum atomic E-state index is 0.415. The fourth-order valence-corrected chi connectivity index (χ4v) is 2.68. The van der Waals surface area contributed by atoms with Crippen molar-refractivity contribution in [3.8, 4) is 5.75 Å². The van der Waals surface area contributed by atoms with Crippen LogP contribution in [0.2, 0.25) is 0 Å². The predicted molar refractivity (Wildman–Crippen MR) is 77.9 cm³/mol. The summed E-state index contributed by atoms with van der Waals surface area (Å²) in [4.78, 5) is 6.70. The number of rotatable bonds is 3. The van der Waals surface area contributed by atoms with E-state index in [1.54, 1.807) is 13.3 Å². The lowest BCUT2D eigenvalue weighted by molar-refractivity contribution is 0.361. The van der Waals surface area contributed by atoms with E-state index in [-0.39, 0.29) is 0 Å². The second-order valence-corrected chi connectivity index (χ2v) is 4.97. The molecule has 106 valence electrons. The van der Waals surface area contributed by atoms with Crippen molar-refractivity contribution in [2.75, 3.05) is 30.8 Å². The average Bonchev–Trinajstić information content (AvgIpc) is 2.94. The third kappa shape index (κ3) is 2.41. The number of nitrogen functional groups attached to an aromatic ring is 1. The predicted octanol–water partition coefficient (Wildman–Crippen LogP) is 1.71. The molecule has 0 radical (unpaired) electrons. The van der Waals surface area contributed by atoms with Gasteiger partial charge >= 0.3 is 0 Å². The van der Waals surface area contributed by atoms with E-state index in [0.717, 1.165) is 37.5 Å². The van der Waals surface area contributed by atoms with E-state index >= 15 is 0 Å². The molecule has 3 heterocycles. The Balaban J connectivity index is 1.69. The fourth-order valence-electron chi connectivity index (χ4n) is 2.68. The van der Waals surface area contributed by atoms with Crippen LogP contribution in [0.15, 0.2) is 30.6 Å². The zero-order valence-electron chi connectivity index (χ0n) is 11.6. The number of nitrogens with two attached hydrogens (primary N) is 1. The maximum Gasteiger partial charge on any atom is 0.171 e. The second kappa shape index (κ2) is 5.40. The molecule has 1 fully saturated rings. The van der Waals surface area contributed by atoms with Gasteiger partial charge in [-0.2, -0.15) is 5.10 Å². The van der Waals surface area contributed by atoms with Gasteiger partial charge in [0.15, 0.2) is 11.6 Å². The topological polar surface area (TPSA) is 69.2 Å². The molecule has 1 aliphatic heterocycles. The molecule has 20 heavy (non-hydrogen) atoms. The van der Waals surface area contributed by atoms with Crippen LogP contribution in [-0.2, 0) is 0 Å². The number of aromatic nitrogens is 3. The van der Waals surface area contributed by atoms with Gasteiger partial charge in [0.1, 0.15) is 5.82 Å². The van der Waals surface area contributed by atoms with E-state index in [1.807, 2.05) is 29.1 Å². The molecular weight excluding hydrogens is 254 g/mol. The molecule has 1 aliphatic rings. The Bertz CT molecular complexity index is 574. The molecule has 6 heteroatoms. The highest BCUT2D eigenvalue weighted by molar-refractivity contribution is 5.52. The lowest BCUT2D eigenvalue weighted by Gasteiger charge is -2.33. The van der Waals surface area contributed by atoms with Crippen LogP contribution in [0.1, 0.15) is 18.9 Å². The van der Waals surface area contributed by atoms with E-state index in [1.165, 1.54) is 0 Å². The van der Waals surface area contributed by atoms with Crippen LogP contribution in [0.25, 0.3) is 0 Å². The van der Waals surface area contributed by atoms with E-state index in [4.69, 9.17) is 10.5 Å². The highest BCUT2D eigenvalue weighted by Gasteiger charge is 2.23. The summed E-state index contributed by atoms with van der Waals surface area (Å²) in [6.07, 6.45) is 5.82. The third-order valence-corrected chi connectivity index (χ3v) is 3.74. The Labute approximate surface area is 118 Å². The third-order valence-electron chi connectivity index (χ3n) is 3.74. The van der Waals surface area contributed by atoms with Gasteiger partial charge in [-0.1, -0.05) is 0 Å². The van der Waals surface area contributed by atoms with Crippen LogP contribution in [0, 0.1) is 0 Å². The Hall–Kier alpha value is -2.24. The first-order valence-corrected chi connectivity index (χ1v) is 6.82. The zero-order valence-corrected chi connectivity index (χ0v) is 11.6. The van der Waals surface area contributed by atoms with Gasteiger partial charge in [-0.25, -0.2) is 4.98 Å². The molecule has 0 atom stereocenters. The summed E-state index contributed by atoms with van der Waals surface area (Å²) in [6.45, 7) is 1.88. The monoisotopic (exact) mass is 273 g/mol. The van der Waals surface area contributed by atoms with Crippen molar-refractivity contribution >= 4 is 11.6 Å². The maximum absolute atomic E-state index is 5.67. The molecule has 3 rings (SSSR count). The molecule has 2 aromatic rings. The summed E-state index contributed by atoms with van der Waals surface area (Å²) in [5.41, 5.74) is 5.67. The summed E-state index contributed by atoms with van der Waals surface area (Å²) < 4.78 is 7.35. The molecule has 0 aliphatic carbocycles. The number of pyridine rings is 1. The number of piperidine rings is 1. The fraction of sp³-hybridized carbons (Fsp3) is 0.429. The quantitative estimate of drug-likeness (QED) is 0.922. The van der Waals surface area contributed by atoms with E-state index in [9.17, 15) is 0 Å². The molecular formula is C14H19N5O. The largest absolute Gasteiger partial charge is 0.493 e. The summed E-state index contributed by atoms with van der Waals surface area (Å²) in [6, 6.07) is 6.09. The second-order valence-electron chi connectivity index (χ2n) is 4.97. The highest BCUT2D eigenvalue weighted by Crippen LogP contribution is 2.30. The van der Waals surface area contributed by atoms with Crippen molar-refractivity contribution in [2.45, 2.75) is 18.9 Å². The summed E-state index contributed by atoms with van der Waals surface area (Å²) in [7, 11) is 1.68. The molecule has 0 bridgehead atoms. The molecule has 1 saturated heterocycles. The van der Waals surface area contributed by atoms with Crippen molar-refractivity contribution in [2.24, 2.45) is 0 Å². The first-order valence-electron chi connectivity index (χ1n) is 6.82. The molecule has 2 aromatic heterocycles. The molecule has 0 unspecified atom stereocenters. The average molecular weight is 273 g/mol. The van der Waals surface area contributed by atoms with E-state index < -0.39 is 0 Å². The van der Waals surface area contributed by atoms with Gasteiger partial charge in [0.25, 0.3) is 0 Å². The summed E-state index contributed by atoms with van der Waals surface area (Å²) in [5.74, 6) is 2.33. The van der Waals surface area contributed by atoms with Crippen molar-refractivity contribution < 1.29 is 4.74 Å². The highest BCUT2D eigenvalue weighted by atomic mass is 16.5. The van der Waals surface area contributed by atoms with Crippen molar-refractivity contribution in [1.82, 2.24) is 14.8 Å². The van der Waals surface area contributed by atoms with Crippen LogP contribution in [0.3, 0.4) is 0 Å². The minimum absolute atomic E-state index is 0.415. The molecule has 0 saturated carbocycles. The number of anilines is 2. The van der Waals surface area contributed by atoms with Crippen molar-refractivity contribution in [1.29, 1.82) is 0 Å². The Morgan fingerprint density at radius 2 is 2.10 bits per heavy atom. The van der Waals surface area contributed by atoms with Crippen LogP contribution >= 0.6 is 0 Å². The number of nitrogens with zero attached hydrogens (tertiary/aromatic N) is 4.